The Balaban J connectivity index is 1.51. The number of hydrogen-bond acceptors (Lipinski definition) is 6. The minimum atomic E-state index is -0.245. The lowest BCUT2D eigenvalue weighted by atomic mass is 10.2. The Morgan fingerprint density at radius 1 is 1.00 bits per heavy atom. The number of ether oxygens (including phenoxy) is 2. The molecule has 0 bridgehead atoms. The average Bonchev–Trinajstić information content (AvgIpc) is 3.09. The van der Waals surface area contributed by atoms with Crippen LogP contribution in [0.4, 0.5) is 5.69 Å². The summed E-state index contributed by atoms with van der Waals surface area (Å²) >= 11 is 0. The summed E-state index contributed by atoms with van der Waals surface area (Å²) in [4.78, 5) is 12.0. The summed E-state index contributed by atoms with van der Waals surface area (Å²) in [5, 5.41) is 10.5. The summed E-state index contributed by atoms with van der Waals surface area (Å²) in [5.74, 6) is 2.05. The van der Waals surface area contributed by atoms with Gasteiger partial charge in [0, 0.05) is 18.2 Å². The molecule has 134 valence electrons. The number of nitrogens with zero attached hydrogens (tertiary/aromatic N) is 2. The summed E-state index contributed by atoms with van der Waals surface area (Å²) in [5.41, 5.74) is 1.47. The van der Waals surface area contributed by atoms with Gasteiger partial charge in [-0.15, -0.1) is 10.2 Å². The molecular weight excluding hydrogens is 334 g/mol. The molecule has 7 heteroatoms. The van der Waals surface area contributed by atoms with Crippen LogP contribution in [-0.4, -0.2) is 29.3 Å². The highest BCUT2D eigenvalue weighted by atomic mass is 16.5. The molecule has 3 aromatic rings. The van der Waals surface area contributed by atoms with Gasteiger partial charge < -0.3 is 19.2 Å². The fraction of sp³-hybridized carbons (Fsp3) is 0.211. The molecule has 26 heavy (non-hydrogen) atoms. The van der Waals surface area contributed by atoms with E-state index in [1.54, 1.807) is 55.5 Å². The van der Waals surface area contributed by atoms with Crippen LogP contribution in [0.5, 0.6) is 11.5 Å². The van der Waals surface area contributed by atoms with Crippen LogP contribution in [0, 0.1) is 6.92 Å². The molecule has 0 saturated heterocycles. The predicted octanol–water partition coefficient (Wildman–Crippen LogP) is 3.46. The molecule has 0 aliphatic carbocycles. The number of carbonyl (C=O) groups excluding carboxylic acids is 1. The predicted molar refractivity (Wildman–Crippen MR) is 96.2 cm³/mol. The van der Waals surface area contributed by atoms with Crippen LogP contribution in [0.15, 0.2) is 52.9 Å². The van der Waals surface area contributed by atoms with Crippen LogP contribution < -0.4 is 14.8 Å². The van der Waals surface area contributed by atoms with E-state index in [0.717, 1.165) is 11.3 Å². The van der Waals surface area contributed by atoms with Crippen LogP contribution in [0.3, 0.4) is 0 Å². The smallest absolute Gasteiger partial charge is 0.262 e. The van der Waals surface area contributed by atoms with Crippen molar-refractivity contribution in [2.45, 2.75) is 13.8 Å². The number of aryl methyl sites for hydroxylation is 1. The lowest BCUT2D eigenvalue weighted by Gasteiger charge is -2.09. The van der Waals surface area contributed by atoms with Crippen molar-refractivity contribution < 1.29 is 18.7 Å². The van der Waals surface area contributed by atoms with Crippen molar-refractivity contribution in [3.63, 3.8) is 0 Å². The van der Waals surface area contributed by atoms with Gasteiger partial charge in [-0.25, -0.2) is 0 Å². The third-order valence-electron chi connectivity index (χ3n) is 3.45. The number of hydrogen-bond donors (Lipinski definition) is 1. The minimum absolute atomic E-state index is 0.0910. The summed E-state index contributed by atoms with van der Waals surface area (Å²) in [6.45, 7) is 4.16. The Morgan fingerprint density at radius 2 is 1.65 bits per heavy atom. The highest BCUT2D eigenvalue weighted by Gasteiger charge is 2.07. The first kappa shape index (κ1) is 17.5. The van der Waals surface area contributed by atoms with E-state index < -0.39 is 0 Å². The van der Waals surface area contributed by atoms with Crippen LogP contribution in [0.25, 0.3) is 11.5 Å². The number of benzene rings is 2. The summed E-state index contributed by atoms with van der Waals surface area (Å²) in [6, 6.07) is 14.3. The Hall–Kier alpha value is -3.35. The molecule has 0 unspecified atom stereocenters. The van der Waals surface area contributed by atoms with E-state index in [1.165, 1.54) is 0 Å². The second kappa shape index (κ2) is 8.15. The number of nitrogens with one attached hydrogen (secondary N) is 1. The second-order valence-electron chi connectivity index (χ2n) is 5.44. The highest BCUT2D eigenvalue weighted by molar-refractivity contribution is 5.91. The van der Waals surface area contributed by atoms with Gasteiger partial charge in [0.25, 0.3) is 5.91 Å². The minimum Gasteiger partial charge on any atom is -0.494 e. The van der Waals surface area contributed by atoms with E-state index in [0.29, 0.717) is 29.8 Å². The first-order chi connectivity index (χ1) is 12.6. The average molecular weight is 353 g/mol. The molecule has 7 nitrogen and oxygen atoms in total. The number of anilines is 1. The van der Waals surface area contributed by atoms with Crippen molar-refractivity contribution in [2.75, 3.05) is 18.5 Å². The molecule has 1 N–H and O–H groups in total. The number of carbonyl (C=O) groups is 1. The van der Waals surface area contributed by atoms with Gasteiger partial charge in [0.15, 0.2) is 6.61 Å². The molecule has 1 aromatic heterocycles. The largest absolute Gasteiger partial charge is 0.494 e. The molecule has 2 aromatic carbocycles. The first-order valence-corrected chi connectivity index (χ1v) is 8.20. The van der Waals surface area contributed by atoms with Crippen LogP contribution in [-0.2, 0) is 4.79 Å². The number of rotatable bonds is 7. The molecule has 0 spiro atoms. The van der Waals surface area contributed by atoms with Crippen LogP contribution in [0.2, 0.25) is 0 Å². The Bertz CT molecular complexity index is 857. The molecule has 0 fully saturated rings. The lowest BCUT2D eigenvalue weighted by Crippen LogP contribution is -2.20. The van der Waals surface area contributed by atoms with E-state index in [2.05, 4.69) is 15.5 Å². The molecule has 0 saturated carbocycles. The Kier molecular flexibility index (Phi) is 5.48. The van der Waals surface area contributed by atoms with E-state index >= 15 is 0 Å². The number of aromatic nitrogens is 2. The number of amides is 1. The molecule has 1 amide bonds. The maximum atomic E-state index is 12.0. The van der Waals surface area contributed by atoms with Gasteiger partial charge in [-0.3, -0.25) is 4.79 Å². The fourth-order valence-electron chi connectivity index (χ4n) is 2.25. The molecule has 0 atom stereocenters. The van der Waals surface area contributed by atoms with Crippen molar-refractivity contribution in [1.29, 1.82) is 0 Å². The fourth-order valence-corrected chi connectivity index (χ4v) is 2.25. The van der Waals surface area contributed by atoms with Crippen molar-refractivity contribution in [1.82, 2.24) is 10.2 Å². The van der Waals surface area contributed by atoms with Crippen molar-refractivity contribution in [2.24, 2.45) is 0 Å². The highest BCUT2D eigenvalue weighted by Crippen LogP contribution is 2.21. The molecule has 0 radical (unpaired) electrons. The maximum Gasteiger partial charge on any atom is 0.262 e. The third kappa shape index (κ3) is 4.60. The van der Waals surface area contributed by atoms with Crippen molar-refractivity contribution >= 4 is 11.6 Å². The maximum absolute atomic E-state index is 12.0. The zero-order valence-corrected chi connectivity index (χ0v) is 14.6. The molecule has 0 aliphatic heterocycles. The molecule has 3 rings (SSSR count). The van der Waals surface area contributed by atoms with Gasteiger partial charge in [-0.1, -0.05) is 0 Å². The molecule has 0 aliphatic rings. The topological polar surface area (TPSA) is 86.5 Å². The zero-order valence-electron chi connectivity index (χ0n) is 14.6. The standard InChI is InChI=1S/C19H19N3O4/c1-3-24-16-10-6-15(7-11-16)20-18(23)12-25-17-8-4-14(5-9-17)19-22-21-13(2)26-19/h4-11H,3,12H2,1-2H3,(H,20,23). The SMILES string of the molecule is CCOc1ccc(NC(=O)COc2ccc(-c3nnc(C)o3)cc2)cc1. The summed E-state index contributed by atoms with van der Waals surface area (Å²) in [6.07, 6.45) is 0. The van der Waals surface area contributed by atoms with E-state index in [-0.39, 0.29) is 12.5 Å². The lowest BCUT2D eigenvalue weighted by molar-refractivity contribution is -0.118. The molecule has 1 heterocycles. The van der Waals surface area contributed by atoms with Gasteiger partial charge in [0.2, 0.25) is 11.8 Å². The molecular formula is C19H19N3O4. The zero-order chi connectivity index (χ0) is 18.4. The van der Waals surface area contributed by atoms with E-state index in [1.807, 2.05) is 6.92 Å². The third-order valence-corrected chi connectivity index (χ3v) is 3.45. The normalized spacial score (nSPS) is 10.4. The monoisotopic (exact) mass is 353 g/mol. The summed E-state index contributed by atoms with van der Waals surface area (Å²) < 4.78 is 16.2. The van der Waals surface area contributed by atoms with Gasteiger partial charge in [-0.05, 0) is 55.5 Å². The Morgan fingerprint density at radius 3 is 2.27 bits per heavy atom. The summed E-state index contributed by atoms with van der Waals surface area (Å²) in [7, 11) is 0. The van der Waals surface area contributed by atoms with Gasteiger partial charge in [-0.2, -0.15) is 0 Å². The second-order valence-corrected chi connectivity index (χ2v) is 5.44. The quantitative estimate of drug-likeness (QED) is 0.700. The van der Waals surface area contributed by atoms with Crippen LogP contribution >= 0.6 is 0 Å². The van der Waals surface area contributed by atoms with Crippen LogP contribution in [0.1, 0.15) is 12.8 Å². The van der Waals surface area contributed by atoms with Gasteiger partial charge >= 0.3 is 0 Å². The van der Waals surface area contributed by atoms with E-state index in [9.17, 15) is 4.79 Å². The van der Waals surface area contributed by atoms with Crippen molar-refractivity contribution in [3.05, 3.63) is 54.4 Å². The van der Waals surface area contributed by atoms with E-state index in [4.69, 9.17) is 13.9 Å². The Labute approximate surface area is 151 Å². The van der Waals surface area contributed by atoms with Crippen molar-refractivity contribution in [3.8, 4) is 23.0 Å². The van der Waals surface area contributed by atoms with Gasteiger partial charge in [0.05, 0.1) is 6.61 Å². The first-order valence-electron chi connectivity index (χ1n) is 8.20. The van der Waals surface area contributed by atoms with Gasteiger partial charge in [0.1, 0.15) is 11.5 Å².